The highest BCUT2D eigenvalue weighted by molar-refractivity contribution is 4.74. The molecular formula is C14H31N. The van der Waals surface area contributed by atoms with E-state index in [0.29, 0.717) is 0 Å². The van der Waals surface area contributed by atoms with E-state index in [2.05, 4.69) is 39.9 Å². The Bertz CT molecular complexity index is 131. The largest absolute Gasteiger partial charge is 0.314 e. The number of hydrogen-bond donors (Lipinski definition) is 1. The number of hydrogen-bond acceptors (Lipinski definition) is 1. The van der Waals surface area contributed by atoms with Crippen molar-refractivity contribution >= 4 is 0 Å². The fourth-order valence-electron chi connectivity index (χ4n) is 2.19. The Morgan fingerprint density at radius 2 is 1.73 bits per heavy atom. The van der Waals surface area contributed by atoms with E-state index in [1.54, 1.807) is 0 Å². The van der Waals surface area contributed by atoms with E-state index in [1.165, 1.54) is 32.1 Å². The lowest BCUT2D eigenvalue weighted by atomic mass is 9.88. The summed E-state index contributed by atoms with van der Waals surface area (Å²) in [5.74, 6) is 1.69. The Morgan fingerprint density at radius 3 is 2.13 bits per heavy atom. The normalized spacial score (nSPS) is 15.6. The van der Waals surface area contributed by atoms with Crippen LogP contribution in [0.5, 0.6) is 0 Å². The number of rotatable bonds is 9. The Morgan fingerprint density at radius 1 is 1.07 bits per heavy atom. The average molecular weight is 213 g/mol. The molecule has 0 bridgehead atoms. The zero-order valence-electron chi connectivity index (χ0n) is 11.5. The van der Waals surface area contributed by atoms with Crippen molar-refractivity contribution in [2.24, 2.45) is 11.8 Å². The fraction of sp³-hybridized carbons (Fsp3) is 1.00. The van der Waals surface area contributed by atoms with Gasteiger partial charge in [-0.2, -0.15) is 0 Å². The van der Waals surface area contributed by atoms with Crippen molar-refractivity contribution in [3.05, 3.63) is 0 Å². The molecule has 0 amide bonds. The van der Waals surface area contributed by atoms with Gasteiger partial charge in [-0.15, -0.1) is 0 Å². The maximum absolute atomic E-state index is 3.62. The van der Waals surface area contributed by atoms with Crippen LogP contribution in [-0.4, -0.2) is 12.6 Å². The number of unbranched alkanes of at least 4 members (excludes halogenated alkanes) is 1. The quantitative estimate of drug-likeness (QED) is 0.604. The third kappa shape index (κ3) is 6.94. The second-order valence-corrected chi connectivity index (χ2v) is 5.06. The maximum Gasteiger partial charge on any atom is 0.00925 e. The summed E-state index contributed by atoms with van der Waals surface area (Å²) in [6.45, 7) is 12.6. The van der Waals surface area contributed by atoms with Crippen molar-refractivity contribution in [3.63, 3.8) is 0 Å². The molecule has 92 valence electrons. The molecule has 0 aromatic heterocycles. The molecule has 0 aromatic rings. The van der Waals surface area contributed by atoms with Crippen LogP contribution in [0.1, 0.15) is 66.7 Å². The summed E-state index contributed by atoms with van der Waals surface area (Å²) < 4.78 is 0. The third-order valence-corrected chi connectivity index (χ3v) is 3.40. The van der Waals surface area contributed by atoms with Crippen LogP contribution in [0, 0.1) is 11.8 Å². The van der Waals surface area contributed by atoms with Crippen molar-refractivity contribution in [3.8, 4) is 0 Å². The summed E-state index contributed by atoms with van der Waals surface area (Å²) in [4.78, 5) is 0. The molecule has 0 radical (unpaired) electrons. The predicted molar refractivity (Wildman–Crippen MR) is 70.2 cm³/mol. The van der Waals surface area contributed by atoms with Crippen molar-refractivity contribution in [1.82, 2.24) is 5.32 Å². The highest BCUT2D eigenvalue weighted by Crippen LogP contribution is 2.21. The van der Waals surface area contributed by atoms with Crippen molar-refractivity contribution in [2.45, 2.75) is 72.8 Å². The first-order valence-electron chi connectivity index (χ1n) is 6.88. The Kier molecular flexibility index (Phi) is 9.18. The standard InChI is InChI=1S/C14H31N/c1-6-9-10-13(7-2)11-14(12(4)5)15-8-3/h12-15H,6-11H2,1-5H3. The van der Waals surface area contributed by atoms with E-state index < -0.39 is 0 Å². The first-order valence-corrected chi connectivity index (χ1v) is 6.88. The van der Waals surface area contributed by atoms with Gasteiger partial charge < -0.3 is 5.32 Å². The van der Waals surface area contributed by atoms with Gasteiger partial charge >= 0.3 is 0 Å². The van der Waals surface area contributed by atoms with Crippen molar-refractivity contribution in [1.29, 1.82) is 0 Å². The van der Waals surface area contributed by atoms with Gasteiger partial charge in [-0.05, 0) is 24.8 Å². The van der Waals surface area contributed by atoms with Gasteiger partial charge in [0.1, 0.15) is 0 Å². The lowest BCUT2D eigenvalue weighted by Crippen LogP contribution is -2.35. The van der Waals surface area contributed by atoms with Gasteiger partial charge in [0.15, 0.2) is 0 Å². The average Bonchev–Trinajstić information content (AvgIpc) is 2.22. The fourth-order valence-corrected chi connectivity index (χ4v) is 2.19. The van der Waals surface area contributed by atoms with Crippen LogP contribution in [0.4, 0.5) is 0 Å². The molecular weight excluding hydrogens is 182 g/mol. The predicted octanol–water partition coefficient (Wildman–Crippen LogP) is 4.23. The Labute approximate surface area is 97.0 Å². The molecule has 0 saturated heterocycles. The van der Waals surface area contributed by atoms with Gasteiger partial charge in [-0.1, -0.05) is 60.3 Å². The van der Waals surface area contributed by atoms with Crippen LogP contribution in [0.25, 0.3) is 0 Å². The molecule has 0 aliphatic heterocycles. The summed E-state index contributed by atoms with van der Waals surface area (Å²) in [6.07, 6.45) is 6.86. The smallest absolute Gasteiger partial charge is 0.00925 e. The van der Waals surface area contributed by atoms with Gasteiger partial charge in [0.2, 0.25) is 0 Å². The van der Waals surface area contributed by atoms with E-state index in [1.807, 2.05) is 0 Å². The third-order valence-electron chi connectivity index (χ3n) is 3.40. The lowest BCUT2D eigenvalue weighted by Gasteiger charge is -2.26. The van der Waals surface area contributed by atoms with Crippen LogP contribution in [0.3, 0.4) is 0 Å². The van der Waals surface area contributed by atoms with Crippen LogP contribution in [0.15, 0.2) is 0 Å². The molecule has 2 atom stereocenters. The summed E-state index contributed by atoms with van der Waals surface area (Å²) in [5.41, 5.74) is 0. The lowest BCUT2D eigenvalue weighted by molar-refractivity contribution is 0.302. The highest BCUT2D eigenvalue weighted by Gasteiger charge is 2.16. The molecule has 1 nitrogen and oxygen atoms in total. The van der Waals surface area contributed by atoms with Crippen LogP contribution in [-0.2, 0) is 0 Å². The molecule has 0 heterocycles. The van der Waals surface area contributed by atoms with E-state index in [-0.39, 0.29) is 0 Å². The molecule has 0 aliphatic carbocycles. The first-order chi connectivity index (χ1) is 7.15. The maximum atomic E-state index is 3.62. The highest BCUT2D eigenvalue weighted by atomic mass is 14.9. The van der Waals surface area contributed by atoms with Crippen LogP contribution < -0.4 is 5.32 Å². The topological polar surface area (TPSA) is 12.0 Å². The van der Waals surface area contributed by atoms with E-state index >= 15 is 0 Å². The summed E-state index contributed by atoms with van der Waals surface area (Å²) in [7, 11) is 0. The van der Waals surface area contributed by atoms with E-state index in [9.17, 15) is 0 Å². The van der Waals surface area contributed by atoms with Crippen LogP contribution in [0.2, 0.25) is 0 Å². The minimum Gasteiger partial charge on any atom is -0.314 e. The van der Waals surface area contributed by atoms with Gasteiger partial charge in [-0.25, -0.2) is 0 Å². The van der Waals surface area contributed by atoms with Crippen molar-refractivity contribution < 1.29 is 0 Å². The van der Waals surface area contributed by atoms with E-state index in [4.69, 9.17) is 0 Å². The molecule has 0 saturated carbocycles. The molecule has 0 fully saturated rings. The zero-order chi connectivity index (χ0) is 11.7. The van der Waals surface area contributed by atoms with Gasteiger partial charge in [0, 0.05) is 6.04 Å². The number of nitrogens with one attached hydrogen (secondary N) is 1. The van der Waals surface area contributed by atoms with Gasteiger partial charge in [0.05, 0.1) is 0 Å². The second-order valence-electron chi connectivity index (χ2n) is 5.06. The first kappa shape index (κ1) is 15.0. The molecule has 0 rings (SSSR count). The summed E-state index contributed by atoms with van der Waals surface area (Å²) in [6, 6.07) is 0.719. The minimum atomic E-state index is 0.719. The molecule has 0 aromatic carbocycles. The molecule has 1 N–H and O–H groups in total. The molecule has 0 spiro atoms. The molecule has 0 aliphatic rings. The SMILES string of the molecule is CCCCC(CC)CC(NCC)C(C)C. The molecule has 1 heteroatoms. The van der Waals surface area contributed by atoms with E-state index in [0.717, 1.165) is 24.4 Å². The minimum absolute atomic E-state index is 0.719. The monoisotopic (exact) mass is 213 g/mol. The molecule has 2 unspecified atom stereocenters. The Balaban J connectivity index is 3.97. The van der Waals surface area contributed by atoms with Crippen molar-refractivity contribution in [2.75, 3.05) is 6.54 Å². The zero-order valence-corrected chi connectivity index (χ0v) is 11.5. The van der Waals surface area contributed by atoms with Gasteiger partial charge in [-0.3, -0.25) is 0 Å². The Hall–Kier alpha value is -0.0400. The summed E-state index contributed by atoms with van der Waals surface area (Å²) >= 11 is 0. The van der Waals surface area contributed by atoms with Gasteiger partial charge in [0.25, 0.3) is 0 Å². The second kappa shape index (κ2) is 9.21. The van der Waals surface area contributed by atoms with Crippen LogP contribution >= 0.6 is 0 Å². The summed E-state index contributed by atoms with van der Waals surface area (Å²) in [5, 5.41) is 3.62. The molecule has 15 heavy (non-hydrogen) atoms.